The van der Waals surface area contributed by atoms with Crippen molar-refractivity contribution in [3.8, 4) is 11.3 Å². The van der Waals surface area contributed by atoms with Gasteiger partial charge in [0.05, 0.1) is 16.8 Å². The van der Waals surface area contributed by atoms with E-state index in [4.69, 9.17) is 9.72 Å². The molecule has 3 aromatic carbocycles. The van der Waals surface area contributed by atoms with Crippen molar-refractivity contribution >= 4 is 32.8 Å². The summed E-state index contributed by atoms with van der Waals surface area (Å²) < 4.78 is 6.54. The highest BCUT2D eigenvalue weighted by Crippen LogP contribution is 2.25. The number of halogens is 1. The van der Waals surface area contributed by atoms with Gasteiger partial charge in [0, 0.05) is 15.4 Å². The lowest BCUT2D eigenvalue weighted by atomic mass is 10.0. The Kier molecular flexibility index (Phi) is 4.99. The molecule has 4 aromatic rings. The van der Waals surface area contributed by atoms with Gasteiger partial charge < -0.3 is 4.74 Å². The number of benzene rings is 3. The second kappa shape index (κ2) is 7.72. The molecule has 132 valence electrons. The van der Waals surface area contributed by atoms with Crippen LogP contribution in [0.3, 0.4) is 0 Å². The average Bonchev–Trinajstić information content (AvgIpc) is 2.72. The number of hydrogen-bond acceptors (Lipinski definition) is 3. The molecule has 0 bridgehead atoms. The zero-order valence-electron chi connectivity index (χ0n) is 14.4. The number of aromatic nitrogens is 1. The average molecular weight is 418 g/mol. The van der Waals surface area contributed by atoms with Gasteiger partial charge in [-0.3, -0.25) is 0 Å². The maximum Gasteiger partial charge on any atom is 0.339 e. The minimum absolute atomic E-state index is 0.218. The first-order valence-electron chi connectivity index (χ1n) is 8.57. The van der Waals surface area contributed by atoms with E-state index < -0.39 is 0 Å². The third kappa shape index (κ3) is 3.91. The summed E-state index contributed by atoms with van der Waals surface area (Å²) in [4.78, 5) is 17.5. The Morgan fingerprint density at radius 2 is 1.67 bits per heavy atom. The molecular formula is C23H16BrNO2. The van der Waals surface area contributed by atoms with E-state index in [1.54, 1.807) is 6.07 Å². The van der Waals surface area contributed by atoms with E-state index >= 15 is 0 Å². The fourth-order valence-electron chi connectivity index (χ4n) is 2.95. The van der Waals surface area contributed by atoms with Gasteiger partial charge in [0.25, 0.3) is 0 Å². The van der Waals surface area contributed by atoms with Crippen molar-refractivity contribution in [1.29, 1.82) is 0 Å². The molecule has 4 heteroatoms. The van der Waals surface area contributed by atoms with Gasteiger partial charge in [-0.2, -0.15) is 0 Å². The molecule has 0 fully saturated rings. The Hall–Kier alpha value is -2.98. The summed E-state index contributed by atoms with van der Waals surface area (Å²) in [7, 11) is 0. The van der Waals surface area contributed by atoms with Crippen molar-refractivity contribution in [2.75, 3.05) is 0 Å². The molecule has 1 heterocycles. The number of ether oxygens (including phenoxy) is 1. The van der Waals surface area contributed by atoms with Gasteiger partial charge >= 0.3 is 5.97 Å². The molecule has 0 saturated heterocycles. The first-order chi connectivity index (χ1) is 13.2. The summed E-state index contributed by atoms with van der Waals surface area (Å²) in [5, 5.41) is 0.788. The molecule has 0 N–H and O–H groups in total. The lowest BCUT2D eigenvalue weighted by Crippen LogP contribution is -2.07. The van der Waals surface area contributed by atoms with E-state index in [1.165, 1.54) is 0 Å². The van der Waals surface area contributed by atoms with Crippen LogP contribution in [0.1, 0.15) is 15.9 Å². The standard InChI is InChI=1S/C23H16BrNO2/c24-18-10-6-7-16(13-18)15-27-23(26)20-14-22(17-8-2-1-3-9-17)25-21-12-5-4-11-19(20)21/h1-14H,15H2. The van der Waals surface area contributed by atoms with Gasteiger partial charge in [0.15, 0.2) is 0 Å². The summed E-state index contributed by atoms with van der Waals surface area (Å²) in [5.74, 6) is -0.356. The number of hydrogen-bond donors (Lipinski definition) is 0. The van der Waals surface area contributed by atoms with E-state index in [2.05, 4.69) is 15.9 Å². The molecule has 0 amide bonds. The van der Waals surface area contributed by atoms with Crippen LogP contribution in [-0.2, 0) is 11.3 Å². The smallest absolute Gasteiger partial charge is 0.339 e. The van der Waals surface area contributed by atoms with Crippen molar-refractivity contribution in [2.24, 2.45) is 0 Å². The van der Waals surface area contributed by atoms with Gasteiger partial charge in [-0.15, -0.1) is 0 Å². The maximum atomic E-state index is 12.8. The van der Waals surface area contributed by atoms with Crippen molar-refractivity contribution < 1.29 is 9.53 Å². The van der Waals surface area contributed by atoms with Gasteiger partial charge in [-0.25, -0.2) is 9.78 Å². The molecule has 0 unspecified atom stereocenters. The minimum Gasteiger partial charge on any atom is -0.457 e. The number of nitrogens with zero attached hydrogens (tertiary/aromatic N) is 1. The summed E-state index contributed by atoms with van der Waals surface area (Å²) >= 11 is 3.43. The highest BCUT2D eigenvalue weighted by atomic mass is 79.9. The van der Waals surface area contributed by atoms with Crippen LogP contribution in [0.5, 0.6) is 0 Å². The molecule has 4 rings (SSSR count). The normalized spacial score (nSPS) is 10.7. The lowest BCUT2D eigenvalue weighted by Gasteiger charge is -2.10. The summed E-state index contributed by atoms with van der Waals surface area (Å²) in [6.45, 7) is 0.218. The van der Waals surface area contributed by atoms with E-state index in [0.29, 0.717) is 5.56 Å². The van der Waals surface area contributed by atoms with E-state index in [-0.39, 0.29) is 12.6 Å². The molecule has 0 spiro atoms. The Labute approximate surface area is 165 Å². The number of esters is 1. The summed E-state index contributed by atoms with van der Waals surface area (Å²) in [6, 6.07) is 27.0. The molecule has 27 heavy (non-hydrogen) atoms. The second-order valence-electron chi connectivity index (χ2n) is 6.14. The van der Waals surface area contributed by atoms with Crippen molar-refractivity contribution in [1.82, 2.24) is 4.98 Å². The van der Waals surface area contributed by atoms with Crippen LogP contribution in [0.4, 0.5) is 0 Å². The lowest BCUT2D eigenvalue weighted by molar-refractivity contribution is 0.0475. The molecule has 0 aliphatic heterocycles. The number of pyridine rings is 1. The third-order valence-corrected chi connectivity index (χ3v) is 4.76. The van der Waals surface area contributed by atoms with Crippen molar-refractivity contribution in [2.45, 2.75) is 6.61 Å². The van der Waals surface area contributed by atoms with Gasteiger partial charge in [-0.05, 0) is 29.8 Å². The van der Waals surface area contributed by atoms with Crippen LogP contribution in [0.2, 0.25) is 0 Å². The molecule has 0 aliphatic rings. The van der Waals surface area contributed by atoms with Crippen LogP contribution in [0.15, 0.2) is 89.4 Å². The number of carbonyl (C=O) groups excluding carboxylic acids is 1. The Morgan fingerprint density at radius 3 is 2.48 bits per heavy atom. The number of carbonyl (C=O) groups is 1. The fourth-order valence-corrected chi connectivity index (χ4v) is 3.40. The van der Waals surface area contributed by atoms with Crippen LogP contribution < -0.4 is 0 Å². The molecule has 3 nitrogen and oxygen atoms in total. The van der Waals surface area contributed by atoms with E-state index in [1.807, 2.05) is 78.9 Å². The summed E-state index contributed by atoms with van der Waals surface area (Å²) in [6.07, 6.45) is 0. The van der Waals surface area contributed by atoms with Crippen molar-refractivity contribution in [3.63, 3.8) is 0 Å². The monoisotopic (exact) mass is 417 g/mol. The Morgan fingerprint density at radius 1 is 0.889 bits per heavy atom. The van der Waals surface area contributed by atoms with Crippen LogP contribution in [-0.4, -0.2) is 11.0 Å². The first-order valence-corrected chi connectivity index (χ1v) is 9.37. The highest BCUT2D eigenvalue weighted by molar-refractivity contribution is 9.10. The summed E-state index contributed by atoms with van der Waals surface area (Å²) in [5.41, 5.74) is 3.94. The molecular weight excluding hydrogens is 402 g/mol. The van der Waals surface area contributed by atoms with Gasteiger partial charge in [-0.1, -0.05) is 76.6 Å². The molecule has 0 saturated carbocycles. The predicted molar refractivity (Wildman–Crippen MR) is 110 cm³/mol. The van der Waals surface area contributed by atoms with E-state index in [0.717, 1.165) is 32.2 Å². The molecule has 0 radical (unpaired) electrons. The molecule has 1 aromatic heterocycles. The third-order valence-electron chi connectivity index (χ3n) is 4.26. The SMILES string of the molecule is O=C(OCc1cccc(Br)c1)c1cc(-c2ccccc2)nc2ccccc12. The highest BCUT2D eigenvalue weighted by Gasteiger charge is 2.15. The second-order valence-corrected chi connectivity index (χ2v) is 7.06. The zero-order valence-corrected chi connectivity index (χ0v) is 16.0. The Bertz CT molecular complexity index is 1110. The van der Waals surface area contributed by atoms with Gasteiger partial charge in [0.1, 0.15) is 6.61 Å². The minimum atomic E-state index is -0.356. The number of rotatable bonds is 4. The van der Waals surface area contributed by atoms with Gasteiger partial charge in [0.2, 0.25) is 0 Å². The number of fused-ring (bicyclic) bond motifs is 1. The van der Waals surface area contributed by atoms with Crippen molar-refractivity contribution in [3.05, 3.63) is 101 Å². The molecule has 0 aliphatic carbocycles. The van der Waals surface area contributed by atoms with Crippen LogP contribution in [0, 0.1) is 0 Å². The topological polar surface area (TPSA) is 39.2 Å². The van der Waals surface area contributed by atoms with E-state index in [9.17, 15) is 4.79 Å². The fraction of sp³-hybridized carbons (Fsp3) is 0.0435. The largest absolute Gasteiger partial charge is 0.457 e. The molecule has 0 atom stereocenters. The Balaban J connectivity index is 1.70. The van der Waals surface area contributed by atoms with Crippen LogP contribution >= 0.6 is 15.9 Å². The van der Waals surface area contributed by atoms with Crippen LogP contribution in [0.25, 0.3) is 22.2 Å². The number of para-hydroxylation sites is 1. The quantitative estimate of drug-likeness (QED) is 0.381. The predicted octanol–water partition coefficient (Wildman–Crippen LogP) is 6.02. The first kappa shape index (κ1) is 17.4. The maximum absolute atomic E-state index is 12.8. The zero-order chi connectivity index (χ0) is 18.6.